The van der Waals surface area contributed by atoms with Gasteiger partial charge in [-0.25, -0.2) is 8.78 Å². The van der Waals surface area contributed by atoms with E-state index < -0.39 is 34.6 Å². The van der Waals surface area contributed by atoms with Crippen molar-refractivity contribution in [1.29, 1.82) is 0 Å². The minimum Gasteiger partial charge on any atom is -0.610 e. The number of rotatable bonds is 7. The first-order valence-electron chi connectivity index (χ1n) is 10.4. The van der Waals surface area contributed by atoms with Crippen molar-refractivity contribution in [3.05, 3.63) is 89.9 Å². The summed E-state index contributed by atoms with van der Waals surface area (Å²) in [5, 5.41) is 9.25. The highest BCUT2D eigenvalue weighted by Crippen LogP contribution is 2.26. The smallest absolute Gasteiger partial charge is 0.276 e. The molecule has 2 N–H and O–H groups in total. The summed E-state index contributed by atoms with van der Waals surface area (Å²) in [6, 6.07) is 13.3. The van der Waals surface area contributed by atoms with Gasteiger partial charge >= 0.3 is 0 Å². The van der Waals surface area contributed by atoms with Gasteiger partial charge in [-0.1, -0.05) is 0 Å². The molecule has 0 aliphatic heterocycles. The van der Waals surface area contributed by atoms with Gasteiger partial charge in [0.15, 0.2) is 5.69 Å². The van der Waals surface area contributed by atoms with E-state index in [-0.39, 0.29) is 33.6 Å². The number of amides is 2. The molecule has 9 nitrogen and oxygen atoms in total. The second-order valence-electron chi connectivity index (χ2n) is 7.36. The zero-order chi connectivity index (χ0) is 25.8. The van der Waals surface area contributed by atoms with Crippen molar-refractivity contribution < 1.29 is 27.7 Å². The van der Waals surface area contributed by atoms with Gasteiger partial charge in [-0.2, -0.15) is 9.78 Å². The van der Waals surface area contributed by atoms with E-state index in [0.29, 0.717) is 5.69 Å². The van der Waals surface area contributed by atoms with Crippen LogP contribution in [0.5, 0.6) is 11.5 Å². The van der Waals surface area contributed by atoms with Crippen LogP contribution < -0.4 is 15.4 Å². The standard InChI is InChI=1S/C24H19F2N5O4S/c1-27-23(32)20-12-17(9-10-28-20)35-16-7-8-19(18(26)11-16)29-24(33)21-13-22(36(2)34)31(30-21)15-5-3-14(25)4-6-15/h3-13H,1-2H3,(H,27,32)(H,29,33). The van der Waals surface area contributed by atoms with Crippen molar-refractivity contribution in [3.63, 3.8) is 0 Å². The molecule has 0 aliphatic rings. The number of carbonyl (C=O) groups is 2. The average Bonchev–Trinajstić information content (AvgIpc) is 3.32. The van der Waals surface area contributed by atoms with Crippen molar-refractivity contribution in [2.45, 2.75) is 5.03 Å². The number of nitrogens with zero attached hydrogens (tertiary/aromatic N) is 3. The average molecular weight is 512 g/mol. The molecule has 0 fully saturated rings. The van der Waals surface area contributed by atoms with Gasteiger partial charge in [-0.15, -0.1) is 0 Å². The first-order chi connectivity index (χ1) is 17.2. The van der Waals surface area contributed by atoms with Gasteiger partial charge in [0.25, 0.3) is 11.8 Å². The van der Waals surface area contributed by atoms with Gasteiger partial charge in [0, 0.05) is 42.6 Å². The molecule has 0 bridgehead atoms. The van der Waals surface area contributed by atoms with Crippen LogP contribution in [0.4, 0.5) is 14.5 Å². The molecule has 0 spiro atoms. The Hall–Kier alpha value is -4.29. The molecule has 2 aromatic carbocycles. The van der Waals surface area contributed by atoms with E-state index in [9.17, 15) is 22.9 Å². The van der Waals surface area contributed by atoms with Crippen molar-refractivity contribution >= 4 is 28.7 Å². The highest BCUT2D eigenvalue weighted by Gasteiger charge is 2.22. The van der Waals surface area contributed by atoms with Gasteiger partial charge in [0.1, 0.15) is 35.1 Å². The normalized spacial score (nSPS) is 11.6. The lowest BCUT2D eigenvalue weighted by Gasteiger charge is -2.09. The van der Waals surface area contributed by atoms with Gasteiger partial charge in [-0.3, -0.25) is 14.6 Å². The third kappa shape index (κ3) is 5.50. The van der Waals surface area contributed by atoms with Gasteiger partial charge in [0.2, 0.25) is 5.03 Å². The molecular weight excluding hydrogens is 492 g/mol. The highest BCUT2D eigenvalue weighted by atomic mass is 32.2. The lowest BCUT2D eigenvalue weighted by molar-refractivity contribution is 0.0957. The molecule has 1 atom stereocenters. The van der Waals surface area contributed by atoms with Crippen molar-refractivity contribution in [2.75, 3.05) is 18.6 Å². The monoisotopic (exact) mass is 511 g/mol. The molecule has 2 heterocycles. The minimum atomic E-state index is -1.51. The summed E-state index contributed by atoms with van der Waals surface area (Å²) >= 11 is -1.51. The maximum absolute atomic E-state index is 14.7. The van der Waals surface area contributed by atoms with Crippen LogP contribution >= 0.6 is 0 Å². The molecule has 2 amide bonds. The molecule has 12 heteroatoms. The summed E-state index contributed by atoms with van der Waals surface area (Å²) in [6.45, 7) is 0. The lowest BCUT2D eigenvalue weighted by Crippen LogP contribution is -2.18. The topological polar surface area (TPSA) is 121 Å². The van der Waals surface area contributed by atoms with Gasteiger partial charge in [0.05, 0.1) is 11.4 Å². The first kappa shape index (κ1) is 24.8. The lowest BCUT2D eigenvalue weighted by atomic mass is 10.2. The fourth-order valence-electron chi connectivity index (χ4n) is 3.16. The number of hydrogen-bond acceptors (Lipinski definition) is 6. The molecular formula is C24H19F2N5O4S. The molecule has 36 heavy (non-hydrogen) atoms. The molecule has 4 aromatic rings. The number of pyridine rings is 1. The van der Waals surface area contributed by atoms with E-state index in [4.69, 9.17) is 4.74 Å². The molecule has 2 aromatic heterocycles. The number of aromatic nitrogens is 3. The second-order valence-corrected chi connectivity index (χ2v) is 8.69. The van der Waals surface area contributed by atoms with Gasteiger partial charge in [-0.05, 0) is 42.5 Å². The van der Waals surface area contributed by atoms with Crippen LogP contribution in [0.1, 0.15) is 21.0 Å². The molecule has 0 saturated heterocycles. The van der Waals surface area contributed by atoms with Crippen LogP contribution in [0.25, 0.3) is 5.69 Å². The summed E-state index contributed by atoms with van der Waals surface area (Å²) in [6.07, 6.45) is 2.80. The maximum atomic E-state index is 14.7. The fourth-order valence-corrected chi connectivity index (χ4v) is 3.82. The number of ether oxygens (including phenoxy) is 1. The predicted molar refractivity (Wildman–Crippen MR) is 128 cm³/mol. The number of carbonyl (C=O) groups excluding carboxylic acids is 2. The van der Waals surface area contributed by atoms with E-state index in [2.05, 4.69) is 20.7 Å². The number of benzene rings is 2. The van der Waals surface area contributed by atoms with Crippen molar-refractivity contribution in [3.8, 4) is 17.2 Å². The maximum Gasteiger partial charge on any atom is 0.276 e. The number of halogens is 2. The van der Waals surface area contributed by atoms with E-state index in [1.54, 1.807) is 0 Å². The number of nitrogens with one attached hydrogen (secondary N) is 2. The van der Waals surface area contributed by atoms with E-state index >= 15 is 0 Å². The zero-order valence-electron chi connectivity index (χ0n) is 19.0. The fraction of sp³-hybridized carbons (Fsp3) is 0.0833. The predicted octanol–water partition coefficient (Wildman–Crippen LogP) is 3.69. The summed E-state index contributed by atoms with van der Waals surface area (Å²) < 4.78 is 47.0. The van der Waals surface area contributed by atoms with Crippen LogP contribution in [0, 0.1) is 11.6 Å². The molecule has 0 saturated carbocycles. The van der Waals surface area contributed by atoms with E-state index in [0.717, 1.165) is 6.07 Å². The van der Waals surface area contributed by atoms with E-state index in [1.807, 2.05) is 0 Å². The first-order valence-corrected chi connectivity index (χ1v) is 12.0. The Morgan fingerprint density at radius 1 is 0.972 bits per heavy atom. The quantitative estimate of drug-likeness (QED) is 0.365. The molecule has 1 unspecified atom stereocenters. The largest absolute Gasteiger partial charge is 0.610 e. The number of anilines is 1. The third-order valence-corrected chi connectivity index (χ3v) is 5.77. The zero-order valence-corrected chi connectivity index (χ0v) is 19.8. The summed E-state index contributed by atoms with van der Waals surface area (Å²) in [5.74, 6) is -1.98. The third-order valence-electron chi connectivity index (χ3n) is 4.89. The van der Waals surface area contributed by atoms with Crippen LogP contribution in [0.3, 0.4) is 0 Å². The second kappa shape index (κ2) is 10.5. The van der Waals surface area contributed by atoms with E-state index in [1.165, 1.54) is 78.8 Å². The highest BCUT2D eigenvalue weighted by molar-refractivity contribution is 7.90. The molecule has 0 aliphatic carbocycles. The van der Waals surface area contributed by atoms with Gasteiger partial charge < -0.3 is 19.9 Å². The summed E-state index contributed by atoms with van der Waals surface area (Å²) in [4.78, 5) is 28.4. The Morgan fingerprint density at radius 2 is 1.69 bits per heavy atom. The van der Waals surface area contributed by atoms with Crippen LogP contribution in [0.15, 0.2) is 71.9 Å². The Labute approximate surface area is 207 Å². The Bertz CT molecular complexity index is 1430. The summed E-state index contributed by atoms with van der Waals surface area (Å²) in [5.41, 5.74) is 0.294. The molecule has 0 radical (unpaired) electrons. The molecule has 4 rings (SSSR count). The van der Waals surface area contributed by atoms with Crippen LogP contribution in [-0.4, -0.2) is 44.4 Å². The summed E-state index contributed by atoms with van der Waals surface area (Å²) in [7, 11) is 1.47. The van der Waals surface area contributed by atoms with Crippen LogP contribution in [-0.2, 0) is 11.2 Å². The number of hydrogen-bond donors (Lipinski definition) is 2. The Morgan fingerprint density at radius 3 is 2.36 bits per heavy atom. The Kier molecular flexibility index (Phi) is 7.27. The molecule has 184 valence electrons. The SMILES string of the molecule is CNC(=O)c1cc(Oc2ccc(NC(=O)c3cc([S+](C)[O-])n(-c4ccc(F)cc4)n3)c(F)c2)ccn1. The Balaban J connectivity index is 1.52. The minimum absolute atomic E-state index is 0.109. The van der Waals surface area contributed by atoms with Crippen molar-refractivity contribution in [1.82, 2.24) is 20.1 Å². The van der Waals surface area contributed by atoms with Crippen molar-refractivity contribution in [2.24, 2.45) is 0 Å². The van der Waals surface area contributed by atoms with Crippen LogP contribution in [0.2, 0.25) is 0 Å².